The van der Waals surface area contributed by atoms with Gasteiger partial charge in [-0.2, -0.15) is 0 Å². The second kappa shape index (κ2) is 6.76. The number of para-hydroxylation sites is 1. The maximum absolute atomic E-state index is 6.27. The normalized spacial score (nSPS) is 24.9. The molecule has 4 nitrogen and oxygen atoms in total. The molecule has 2 aliphatic heterocycles. The first-order valence-corrected chi connectivity index (χ1v) is 7.75. The Labute approximate surface area is 125 Å². The van der Waals surface area contributed by atoms with Gasteiger partial charge in [0.05, 0.1) is 23.4 Å². The summed E-state index contributed by atoms with van der Waals surface area (Å²) in [5.41, 5.74) is 1.16. The van der Waals surface area contributed by atoms with E-state index in [9.17, 15) is 0 Å². The van der Waals surface area contributed by atoms with Crippen molar-refractivity contribution >= 4 is 17.3 Å². The summed E-state index contributed by atoms with van der Waals surface area (Å²) in [4.78, 5) is 4.86. The zero-order valence-corrected chi connectivity index (χ0v) is 12.5. The van der Waals surface area contributed by atoms with Crippen molar-refractivity contribution in [3.63, 3.8) is 0 Å². The van der Waals surface area contributed by atoms with E-state index in [-0.39, 0.29) is 0 Å². The Hall–Kier alpha value is -0.810. The Kier molecular flexibility index (Phi) is 4.78. The van der Waals surface area contributed by atoms with Gasteiger partial charge in [0.15, 0.2) is 0 Å². The highest BCUT2D eigenvalue weighted by Gasteiger charge is 2.22. The van der Waals surface area contributed by atoms with Crippen LogP contribution in [0.4, 0.5) is 5.69 Å². The number of rotatable bonds is 3. The van der Waals surface area contributed by atoms with E-state index in [1.165, 1.54) is 0 Å². The third kappa shape index (κ3) is 3.44. The van der Waals surface area contributed by atoms with Crippen LogP contribution < -0.4 is 10.2 Å². The molecule has 0 aromatic heterocycles. The SMILES string of the molecule is Clc1ccccc1N1CCN(CC2CNCCO2)CC1. The summed E-state index contributed by atoms with van der Waals surface area (Å²) in [7, 11) is 0. The van der Waals surface area contributed by atoms with Gasteiger partial charge in [0.1, 0.15) is 0 Å². The van der Waals surface area contributed by atoms with Crippen LogP contribution in [-0.4, -0.2) is 63.4 Å². The van der Waals surface area contributed by atoms with E-state index in [4.69, 9.17) is 16.3 Å². The first-order chi connectivity index (χ1) is 9.83. The van der Waals surface area contributed by atoms with Gasteiger partial charge in [0.2, 0.25) is 0 Å². The number of morpholine rings is 1. The smallest absolute Gasteiger partial charge is 0.0826 e. The van der Waals surface area contributed by atoms with E-state index in [0.29, 0.717) is 6.10 Å². The minimum absolute atomic E-state index is 0.343. The maximum atomic E-state index is 6.27. The van der Waals surface area contributed by atoms with E-state index < -0.39 is 0 Å². The van der Waals surface area contributed by atoms with Crippen LogP contribution in [0.5, 0.6) is 0 Å². The van der Waals surface area contributed by atoms with Crippen LogP contribution in [-0.2, 0) is 4.74 Å². The highest BCUT2D eigenvalue weighted by Crippen LogP contribution is 2.26. The topological polar surface area (TPSA) is 27.7 Å². The lowest BCUT2D eigenvalue weighted by atomic mass is 10.2. The van der Waals surface area contributed by atoms with Gasteiger partial charge in [0.25, 0.3) is 0 Å². The van der Waals surface area contributed by atoms with Crippen molar-refractivity contribution in [2.45, 2.75) is 6.10 Å². The molecule has 1 atom stereocenters. The van der Waals surface area contributed by atoms with Crippen LogP contribution in [0.25, 0.3) is 0 Å². The largest absolute Gasteiger partial charge is 0.374 e. The zero-order valence-electron chi connectivity index (χ0n) is 11.7. The summed E-state index contributed by atoms with van der Waals surface area (Å²) in [6.07, 6.45) is 0.343. The molecule has 5 heteroatoms. The van der Waals surface area contributed by atoms with Gasteiger partial charge in [0, 0.05) is 45.8 Å². The predicted molar refractivity (Wildman–Crippen MR) is 82.7 cm³/mol. The summed E-state index contributed by atoms with van der Waals surface area (Å²) in [6, 6.07) is 8.10. The fourth-order valence-electron chi connectivity index (χ4n) is 2.90. The second-order valence-electron chi connectivity index (χ2n) is 5.44. The predicted octanol–water partition coefficient (Wildman–Crippen LogP) is 1.45. The number of hydrogen-bond donors (Lipinski definition) is 1. The minimum atomic E-state index is 0.343. The number of ether oxygens (including phenoxy) is 1. The molecule has 1 N–H and O–H groups in total. The molecule has 2 fully saturated rings. The molecule has 2 saturated heterocycles. The quantitative estimate of drug-likeness (QED) is 0.913. The third-order valence-electron chi connectivity index (χ3n) is 4.03. The van der Waals surface area contributed by atoms with E-state index >= 15 is 0 Å². The van der Waals surface area contributed by atoms with Gasteiger partial charge in [-0.05, 0) is 12.1 Å². The number of nitrogens with zero attached hydrogens (tertiary/aromatic N) is 2. The molecule has 1 aromatic rings. The van der Waals surface area contributed by atoms with Crippen molar-refractivity contribution in [2.75, 3.05) is 57.3 Å². The van der Waals surface area contributed by atoms with E-state index in [1.807, 2.05) is 12.1 Å². The molecule has 0 bridgehead atoms. The van der Waals surface area contributed by atoms with Gasteiger partial charge in [-0.1, -0.05) is 23.7 Å². The fraction of sp³-hybridized carbons (Fsp3) is 0.600. The maximum Gasteiger partial charge on any atom is 0.0826 e. The molecule has 0 spiro atoms. The van der Waals surface area contributed by atoms with E-state index in [1.54, 1.807) is 0 Å². The lowest BCUT2D eigenvalue weighted by Crippen LogP contribution is -2.51. The lowest BCUT2D eigenvalue weighted by Gasteiger charge is -2.38. The first-order valence-electron chi connectivity index (χ1n) is 7.37. The molecule has 1 aromatic carbocycles. The van der Waals surface area contributed by atoms with Gasteiger partial charge in [-0.3, -0.25) is 4.90 Å². The lowest BCUT2D eigenvalue weighted by molar-refractivity contribution is 0.00465. The summed E-state index contributed by atoms with van der Waals surface area (Å²) < 4.78 is 5.77. The molecule has 2 aliphatic rings. The van der Waals surface area contributed by atoms with Crippen molar-refractivity contribution in [3.05, 3.63) is 29.3 Å². The number of piperazine rings is 1. The van der Waals surface area contributed by atoms with Crippen LogP contribution in [0.3, 0.4) is 0 Å². The average Bonchev–Trinajstić information content (AvgIpc) is 2.50. The average molecular weight is 296 g/mol. The first kappa shape index (κ1) is 14.1. The second-order valence-corrected chi connectivity index (χ2v) is 5.84. The van der Waals surface area contributed by atoms with Crippen LogP contribution in [0.2, 0.25) is 5.02 Å². The highest BCUT2D eigenvalue weighted by molar-refractivity contribution is 6.33. The van der Waals surface area contributed by atoms with Crippen molar-refractivity contribution in [3.8, 4) is 0 Å². The molecule has 0 aliphatic carbocycles. The Balaban J connectivity index is 1.50. The number of hydrogen-bond acceptors (Lipinski definition) is 4. The summed E-state index contributed by atoms with van der Waals surface area (Å²) in [5.74, 6) is 0. The zero-order chi connectivity index (χ0) is 13.8. The third-order valence-corrected chi connectivity index (χ3v) is 4.35. The summed E-state index contributed by atoms with van der Waals surface area (Å²) >= 11 is 6.27. The van der Waals surface area contributed by atoms with Crippen LogP contribution >= 0.6 is 11.6 Å². The molecule has 0 amide bonds. The molecule has 2 heterocycles. The standard InChI is InChI=1S/C15H22ClN3O/c16-14-3-1-2-4-15(14)19-8-6-18(7-9-19)12-13-11-17-5-10-20-13/h1-4,13,17H,5-12H2. The molecular weight excluding hydrogens is 274 g/mol. The fourth-order valence-corrected chi connectivity index (χ4v) is 3.16. The van der Waals surface area contributed by atoms with Crippen molar-refractivity contribution in [2.24, 2.45) is 0 Å². The molecule has 3 rings (SSSR count). The van der Waals surface area contributed by atoms with Gasteiger partial charge < -0.3 is 15.0 Å². The number of benzene rings is 1. The van der Waals surface area contributed by atoms with Gasteiger partial charge >= 0.3 is 0 Å². The van der Waals surface area contributed by atoms with E-state index in [0.717, 1.165) is 63.1 Å². The summed E-state index contributed by atoms with van der Waals surface area (Å²) in [5, 5.41) is 4.23. The molecule has 0 saturated carbocycles. The van der Waals surface area contributed by atoms with Crippen LogP contribution in [0.15, 0.2) is 24.3 Å². The van der Waals surface area contributed by atoms with Gasteiger partial charge in [-0.25, -0.2) is 0 Å². The van der Waals surface area contributed by atoms with Crippen molar-refractivity contribution in [1.29, 1.82) is 0 Å². The molecular formula is C15H22ClN3O. The molecule has 1 unspecified atom stereocenters. The van der Waals surface area contributed by atoms with Crippen LogP contribution in [0.1, 0.15) is 0 Å². The Morgan fingerprint density at radius 3 is 2.70 bits per heavy atom. The highest BCUT2D eigenvalue weighted by atomic mass is 35.5. The van der Waals surface area contributed by atoms with Crippen molar-refractivity contribution < 1.29 is 4.74 Å². The number of halogens is 1. The Bertz CT molecular complexity index is 429. The monoisotopic (exact) mass is 295 g/mol. The van der Waals surface area contributed by atoms with Crippen molar-refractivity contribution in [1.82, 2.24) is 10.2 Å². The van der Waals surface area contributed by atoms with Crippen LogP contribution in [0, 0.1) is 0 Å². The van der Waals surface area contributed by atoms with Gasteiger partial charge in [-0.15, -0.1) is 0 Å². The molecule has 110 valence electrons. The molecule has 20 heavy (non-hydrogen) atoms. The van der Waals surface area contributed by atoms with E-state index in [2.05, 4.69) is 27.2 Å². The molecule has 0 radical (unpaired) electrons. The minimum Gasteiger partial charge on any atom is -0.374 e. The number of nitrogens with one attached hydrogen (secondary N) is 1. The Morgan fingerprint density at radius 1 is 1.20 bits per heavy atom. The summed E-state index contributed by atoms with van der Waals surface area (Å²) in [6.45, 7) is 8.04. The number of anilines is 1. The Morgan fingerprint density at radius 2 is 2.00 bits per heavy atom.